The van der Waals surface area contributed by atoms with Gasteiger partial charge >= 0.3 is 0 Å². The van der Waals surface area contributed by atoms with Gasteiger partial charge in [0, 0.05) is 25.7 Å². The van der Waals surface area contributed by atoms with Crippen molar-refractivity contribution in [2.24, 2.45) is 28.9 Å². The van der Waals surface area contributed by atoms with E-state index in [2.05, 4.69) is 0 Å². The van der Waals surface area contributed by atoms with Gasteiger partial charge in [-0.2, -0.15) is 0 Å². The van der Waals surface area contributed by atoms with Gasteiger partial charge in [0.05, 0.1) is 5.41 Å². The Hall–Kier alpha value is -0.810. The highest BCUT2D eigenvalue weighted by Crippen LogP contribution is 2.60. The molecule has 2 N–H and O–H groups in total. The summed E-state index contributed by atoms with van der Waals surface area (Å²) in [6.45, 7) is 2.20. The molecule has 0 aromatic heterocycles. The molecule has 0 aromatic rings. The maximum Gasteiger partial charge on any atom is 0.245 e. The molecule has 146 valence electrons. The first-order chi connectivity index (χ1) is 12.0. The van der Waals surface area contributed by atoms with Gasteiger partial charge in [-0.3, -0.25) is 9.59 Å². The van der Waals surface area contributed by atoms with Crippen molar-refractivity contribution in [3.8, 4) is 0 Å². The number of halogens is 1. The molecule has 4 aliphatic carbocycles. The molecular weight excluding hydrogens is 350 g/mol. The molecule has 1 unspecified atom stereocenters. The minimum Gasteiger partial charge on any atom is -0.339 e. The fraction of sp³-hybridized carbons (Fsp3) is 0.900. The molecular formula is C20H32ClN3O2. The van der Waals surface area contributed by atoms with E-state index in [1.165, 1.54) is 19.3 Å². The fourth-order valence-electron chi connectivity index (χ4n) is 7.14. The maximum atomic E-state index is 13.6. The third kappa shape index (κ3) is 2.86. The van der Waals surface area contributed by atoms with Gasteiger partial charge in [0.25, 0.3) is 0 Å². The van der Waals surface area contributed by atoms with Gasteiger partial charge < -0.3 is 15.5 Å². The van der Waals surface area contributed by atoms with Gasteiger partial charge in [-0.15, -0.1) is 12.4 Å². The molecule has 2 aliphatic heterocycles. The van der Waals surface area contributed by atoms with E-state index < -0.39 is 0 Å². The van der Waals surface area contributed by atoms with Gasteiger partial charge in [-0.25, -0.2) is 0 Å². The minimum absolute atomic E-state index is 0. The lowest BCUT2D eigenvalue weighted by Gasteiger charge is -2.56. The summed E-state index contributed by atoms with van der Waals surface area (Å²) < 4.78 is 0. The van der Waals surface area contributed by atoms with Crippen LogP contribution in [0.1, 0.15) is 57.8 Å². The monoisotopic (exact) mass is 381 g/mol. The second-order valence-electron chi connectivity index (χ2n) is 9.69. The molecule has 0 radical (unpaired) electrons. The largest absolute Gasteiger partial charge is 0.339 e. The summed E-state index contributed by atoms with van der Waals surface area (Å²) in [5.41, 5.74) is 5.86. The smallest absolute Gasteiger partial charge is 0.245 e. The van der Waals surface area contributed by atoms with Crippen molar-refractivity contribution < 1.29 is 9.59 Å². The van der Waals surface area contributed by atoms with Gasteiger partial charge in [0.1, 0.15) is 6.04 Å². The summed E-state index contributed by atoms with van der Waals surface area (Å²) >= 11 is 0. The number of hydrogen-bond donors (Lipinski definition) is 1. The number of likely N-dealkylation sites (tertiary alicyclic amines) is 2. The van der Waals surface area contributed by atoms with Crippen LogP contribution in [0, 0.1) is 23.2 Å². The second kappa shape index (κ2) is 6.66. The third-order valence-electron chi connectivity index (χ3n) is 7.83. The van der Waals surface area contributed by atoms with Crippen molar-refractivity contribution in [1.82, 2.24) is 9.80 Å². The fourth-order valence-corrected chi connectivity index (χ4v) is 7.14. The van der Waals surface area contributed by atoms with Crippen LogP contribution in [0.2, 0.25) is 0 Å². The highest BCUT2D eigenvalue weighted by Gasteiger charge is 2.57. The van der Waals surface area contributed by atoms with Crippen molar-refractivity contribution >= 4 is 24.2 Å². The number of carbonyl (C=O) groups excluding carboxylic acids is 2. The number of nitrogens with two attached hydrogens (primary N) is 1. The molecule has 6 heteroatoms. The Morgan fingerprint density at radius 1 is 0.923 bits per heavy atom. The molecule has 6 fully saturated rings. The van der Waals surface area contributed by atoms with E-state index in [0.717, 1.165) is 69.4 Å². The Bertz CT molecular complexity index is 560. The summed E-state index contributed by atoms with van der Waals surface area (Å²) in [4.78, 5) is 30.5. The van der Waals surface area contributed by atoms with Crippen LogP contribution in [0.5, 0.6) is 0 Å². The van der Waals surface area contributed by atoms with Crippen LogP contribution in [0.25, 0.3) is 0 Å². The van der Waals surface area contributed by atoms with Gasteiger partial charge in [0.15, 0.2) is 0 Å². The molecule has 6 aliphatic rings. The first kappa shape index (κ1) is 18.5. The lowest BCUT2D eigenvalue weighted by molar-refractivity contribution is -0.161. The summed E-state index contributed by atoms with van der Waals surface area (Å²) in [7, 11) is 0. The highest BCUT2D eigenvalue weighted by molar-refractivity contribution is 5.91. The molecule has 4 bridgehead atoms. The van der Waals surface area contributed by atoms with E-state index in [4.69, 9.17) is 5.73 Å². The van der Waals surface area contributed by atoms with Crippen molar-refractivity contribution in [2.45, 2.75) is 69.9 Å². The van der Waals surface area contributed by atoms with Crippen molar-refractivity contribution in [1.29, 1.82) is 0 Å². The van der Waals surface area contributed by atoms with Gasteiger partial charge in [-0.1, -0.05) is 0 Å². The molecule has 6 rings (SSSR count). The number of hydrogen-bond acceptors (Lipinski definition) is 3. The van der Waals surface area contributed by atoms with Crippen molar-refractivity contribution in [3.63, 3.8) is 0 Å². The molecule has 0 aromatic carbocycles. The number of nitrogens with zero attached hydrogens (tertiary/aromatic N) is 2. The first-order valence-corrected chi connectivity index (χ1v) is 10.4. The second-order valence-corrected chi connectivity index (χ2v) is 9.69. The molecule has 26 heavy (non-hydrogen) atoms. The Labute approximate surface area is 162 Å². The van der Waals surface area contributed by atoms with Gasteiger partial charge in [0.2, 0.25) is 11.8 Å². The zero-order valence-electron chi connectivity index (χ0n) is 15.6. The average molecular weight is 382 g/mol. The number of rotatable bonds is 2. The van der Waals surface area contributed by atoms with Crippen LogP contribution in [0.3, 0.4) is 0 Å². The topological polar surface area (TPSA) is 66.6 Å². The summed E-state index contributed by atoms with van der Waals surface area (Å²) in [5.74, 6) is 2.78. The first-order valence-electron chi connectivity index (χ1n) is 10.4. The zero-order valence-corrected chi connectivity index (χ0v) is 16.4. The van der Waals surface area contributed by atoms with Crippen LogP contribution in [0.15, 0.2) is 0 Å². The lowest BCUT2D eigenvalue weighted by atomic mass is 9.49. The molecule has 2 saturated heterocycles. The summed E-state index contributed by atoms with van der Waals surface area (Å²) in [6, 6.07) is -0.108. The standard InChI is InChI=1S/C20H31N3O2.ClH/c21-16-3-5-22(12-16)18(24)17-2-1-4-23(17)19(25)20-9-13-6-14(10-20)8-15(7-13)11-20;/h13-17H,1-12,21H2;1H/t13?,14?,15?,16-,17?,20?;/m1./s1. The Balaban J connectivity index is 0.00000168. The number of carbonyl (C=O) groups is 2. The summed E-state index contributed by atoms with van der Waals surface area (Å²) in [5, 5.41) is 0. The van der Waals surface area contributed by atoms with Crippen LogP contribution in [0.4, 0.5) is 0 Å². The Kier molecular flexibility index (Phi) is 4.75. The number of amides is 2. The van der Waals surface area contributed by atoms with E-state index in [1.807, 2.05) is 9.80 Å². The average Bonchev–Trinajstić information content (AvgIpc) is 3.21. The molecule has 2 heterocycles. The molecule has 5 nitrogen and oxygen atoms in total. The van der Waals surface area contributed by atoms with Crippen LogP contribution in [-0.4, -0.2) is 53.3 Å². The van der Waals surface area contributed by atoms with E-state index in [1.54, 1.807) is 0 Å². The molecule has 2 amide bonds. The maximum absolute atomic E-state index is 13.6. The van der Waals surface area contributed by atoms with Crippen LogP contribution < -0.4 is 5.73 Å². The Morgan fingerprint density at radius 3 is 2.08 bits per heavy atom. The van der Waals surface area contributed by atoms with Gasteiger partial charge in [-0.05, 0) is 75.5 Å². The quantitative estimate of drug-likeness (QED) is 0.797. The normalized spacial score (nSPS) is 43.7. The Morgan fingerprint density at radius 2 is 1.54 bits per heavy atom. The van der Waals surface area contributed by atoms with Crippen LogP contribution >= 0.6 is 12.4 Å². The van der Waals surface area contributed by atoms with E-state index in [9.17, 15) is 9.59 Å². The molecule has 2 atom stereocenters. The van der Waals surface area contributed by atoms with Crippen molar-refractivity contribution in [3.05, 3.63) is 0 Å². The summed E-state index contributed by atoms with van der Waals surface area (Å²) in [6.07, 6.45) is 10.00. The van der Waals surface area contributed by atoms with Crippen LogP contribution in [-0.2, 0) is 9.59 Å². The zero-order chi connectivity index (χ0) is 17.2. The van der Waals surface area contributed by atoms with E-state index in [0.29, 0.717) is 12.5 Å². The predicted molar refractivity (Wildman–Crippen MR) is 102 cm³/mol. The predicted octanol–water partition coefficient (Wildman–Crippen LogP) is 2.18. The molecule has 4 saturated carbocycles. The lowest BCUT2D eigenvalue weighted by Crippen LogP contribution is -2.57. The third-order valence-corrected chi connectivity index (χ3v) is 7.83. The van der Waals surface area contributed by atoms with E-state index in [-0.39, 0.29) is 35.8 Å². The van der Waals surface area contributed by atoms with E-state index >= 15 is 0 Å². The van der Waals surface area contributed by atoms with Crippen molar-refractivity contribution in [2.75, 3.05) is 19.6 Å². The SMILES string of the molecule is Cl.N[C@@H]1CCN(C(=O)C2CCCN2C(=O)C23CC4CC(CC(C4)C2)C3)C1. The molecule has 0 spiro atoms. The highest BCUT2D eigenvalue weighted by atomic mass is 35.5. The minimum atomic E-state index is -0.217.